The van der Waals surface area contributed by atoms with Gasteiger partial charge in [-0.1, -0.05) is 42.1 Å². The van der Waals surface area contributed by atoms with E-state index in [2.05, 4.69) is 32.3 Å². The molecule has 0 atom stereocenters. The second-order valence-electron chi connectivity index (χ2n) is 3.78. The van der Waals surface area contributed by atoms with Crippen molar-refractivity contribution in [3.63, 3.8) is 0 Å². The highest BCUT2D eigenvalue weighted by atomic mass is 32.2. The second kappa shape index (κ2) is 6.94. The molecule has 0 unspecified atom stereocenters. The summed E-state index contributed by atoms with van der Waals surface area (Å²) in [6, 6.07) is 10.2. The number of H-pyrrole nitrogens is 1. The Kier molecular flexibility index (Phi) is 4.97. The van der Waals surface area contributed by atoms with E-state index < -0.39 is 0 Å². The largest absolute Gasteiger partial charge is 0.481 e. The first kappa shape index (κ1) is 13.6. The van der Waals surface area contributed by atoms with Crippen LogP contribution in [0, 0.1) is 0 Å². The van der Waals surface area contributed by atoms with Gasteiger partial charge in [-0.25, -0.2) is 5.10 Å². The Hall–Kier alpha value is -1.82. The van der Waals surface area contributed by atoms with Gasteiger partial charge in [0.05, 0.1) is 6.61 Å². The van der Waals surface area contributed by atoms with E-state index in [4.69, 9.17) is 4.74 Å². The first-order chi connectivity index (χ1) is 9.28. The smallest absolute Gasteiger partial charge is 0.249 e. The molecule has 100 valence electrons. The molecule has 0 spiro atoms. The molecule has 0 saturated carbocycles. The third-order valence-corrected chi connectivity index (χ3v) is 3.20. The third kappa shape index (κ3) is 4.40. The summed E-state index contributed by atoms with van der Waals surface area (Å²) < 4.78 is 5.24. The molecule has 0 amide bonds. The van der Waals surface area contributed by atoms with E-state index in [9.17, 15) is 0 Å². The number of thioether (sulfide) groups is 1. The lowest BCUT2D eigenvalue weighted by Crippen LogP contribution is -1.97. The van der Waals surface area contributed by atoms with Crippen molar-refractivity contribution in [2.24, 2.45) is 4.99 Å². The summed E-state index contributed by atoms with van der Waals surface area (Å²) in [5, 5.41) is 7.58. The van der Waals surface area contributed by atoms with Crippen LogP contribution in [0.5, 0.6) is 0 Å². The first-order valence-electron chi connectivity index (χ1n) is 6.05. The van der Waals surface area contributed by atoms with Crippen LogP contribution in [0.1, 0.15) is 19.4 Å². The number of hydrogen-bond donors (Lipinski definition) is 1. The van der Waals surface area contributed by atoms with Crippen molar-refractivity contribution < 1.29 is 4.74 Å². The van der Waals surface area contributed by atoms with Crippen molar-refractivity contribution >= 4 is 23.6 Å². The zero-order chi connectivity index (χ0) is 13.5. The minimum absolute atomic E-state index is 0.474. The summed E-state index contributed by atoms with van der Waals surface area (Å²) >= 11 is 1.57. The Morgan fingerprint density at radius 3 is 2.89 bits per heavy atom. The molecule has 0 fully saturated rings. The Bertz CT molecular complexity index is 539. The molecule has 5 nitrogen and oxygen atoms in total. The fourth-order valence-electron chi connectivity index (χ4n) is 1.47. The Labute approximate surface area is 116 Å². The van der Waals surface area contributed by atoms with Gasteiger partial charge in [-0.05, 0) is 12.5 Å². The third-order valence-electron chi connectivity index (χ3n) is 2.28. The number of aromatic nitrogens is 3. The van der Waals surface area contributed by atoms with E-state index in [1.54, 1.807) is 18.7 Å². The van der Waals surface area contributed by atoms with Gasteiger partial charge in [-0.15, -0.1) is 5.10 Å². The van der Waals surface area contributed by atoms with E-state index in [0.29, 0.717) is 23.6 Å². The molecule has 19 heavy (non-hydrogen) atoms. The van der Waals surface area contributed by atoms with Gasteiger partial charge in [0.25, 0.3) is 0 Å². The normalized spacial score (nSPS) is 11.6. The minimum atomic E-state index is 0.474. The van der Waals surface area contributed by atoms with Crippen LogP contribution in [-0.4, -0.2) is 27.7 Å². The number of benzene rings is 1. The maximum absolute atomic E-state index is 5.24. The monoisotopic (exact) mass is 276 g/mol. The lowest BCUT2D eigenvalue weighted by molar-refractivity contribution is 0.324. The number of aliphatic imine (C=N–C) groups is 1. The van der Waals surface area contributed by atoms with Gasteiger partial charge in [0, 0.05) is 12.7 Å². The van der Waals surface area contributed by atoms with E-state index in [1.165, 1.54) is 5.56 Å². The van der Waals surface area contributed by atoms with Gasteiger partial charge in [0.1, 0.15) is 0 Å². The van der Waals surface area contributed by atoms with Crippen molar-refractivity contribution in [1.82, 2.24) is 15.2 Å². The summed E-state index contributed by atoms with van der Waals surface area (Å²) in [5.41, 5.74) is 1.24. The van der Waals surface area contributed by atoms with Crippen molar-refractivity contribution in [2.45, 2.75) is 24.8 Å². The number of nitrogens with one attached hydrogen (secondary N) is 1. The van der Waals surface area contributed by atoms with Gasteiger partial charge >= 0.3 is 0 Å². The highest BCUT2D eigenvalue weighted by Crippen LogP contribution is 2.20. The number of ether oxygens (including phenoxy) is 1. The van der Waals surface area contributed by atoms with Crippen LogP contribution in [0.3, 0.4) is 0 Å². The number of rotatable bonds is 5. The predicted octanol–water partition coefficient (Wildman–Crippen LogP) is 3.18. The molecule has 0 aliphatic rings. The van der Waals surface area contributed by atoms with Crippen LogP contribution < -0.4 is 0 Å². The van der Waals surface area contributed by atoms with Gasteiger partial charge in [-0.3, -0.25) is 0 Å². The molecular weight excluding hydrogens is 260 g/mol. The highest BCUT2D eigenvalue weighted by molar-refractivity contribution is 7.98. The minimum Gasteiger partial charge on any atom is -0.481 e. The molecule has 0 bridgehead atoms. The second-order valence-corrected chi connectivity index (χ2v) is 4.72. The molecule has 2 rings (SSSR count). The molecule has 6 heteroatoms. The maximum Gasteiger partial charge on any atom is 0.249 e. The highest BCUT2D eigenvalue weighted by Gasteiger charge is 2.04. The van der Waals surface area contributed by atoms with Crippen LogP contribution in [0.25, 0.3) is 0 Å². The molecule has 0 aliphatic carbocycles. The zero-order valence-corrected chi connectivity index (χ0v) is 11.8. The molecule has 1 aromatic carbocycles. The summed E-state index contributed by atoms with van der Waals surface area (Å²) in [6.07, 6.45) is 0. The van der Waals surface area contributed by atoms with Crippen molar-refractivity contribution in [3.05, 3.63) is 35.9 Å². The van der Waals surface area contributed by atoms with Crippen molar-refractivity contribution in [2.75, 3.05) is 6.61 Å². The zero-order valence-electron chi connectivity index (χ0n) is 11.0. The van der Waals surface area contributed by atoms with Crippen LogP contribution in [-0.2, 0) is 10.5 Å². The van der Waals surface area contributed by atoms with Crippen LogP contribution in [0.2, 0.25) is 0 Å². The summed E-state index contributed by atoms with van der Waals surface area (Å²) in [7, 11) is 0. The number of nitrogens with zero attached hydrogens (tertiary/aromatic N) is 3. The van der Waals surface area contributed by atoms with Gasteiger partial charge in [-0.2, -0.15) is 9.98 Å². The average molecular weight is 276 g/mol. The van der Waals surface area contributed by atoms with Gasteiger partial charge in [0.15, 0.2) is 5.90 Å². The van der Waals surface area contributed by atoms with Crippen molar-refractivity contribution in [3.8, 4) is 0 Å². The maximum atomic E-state index is 5.24. The Morgan fingerprint density at radius 2 is 2.16 bits per heavy atom. The Balaban J connectivity index is 1.92. The molecule has 0 aliphatic heterocycles. The summed E-state index contributed by atoms with van der Waals surface area (Å²) in [5.74, 6) is 1.89. The van der Waals surface area contributed by atoms with E-state index in [0.717, 1.165) is 5.75 Å². The predicted molar refractivity (Wildman–Crippen MR) is 76.8 cm³/mol. The Morgan fingerprint density at radius 1 is 1.37 bits per heavy atom. The van der Waals surface area contributed by atoms with Crippen LogP contribution in [0.4, 0.5) is 5.95 Å². The fraction of sp³-hybridized carbons (Fsp3) is 0.308. The fourth-order valence-corrected chi connectivity index (χ4v) is 2.21. The standard InChI is InChI=1S/C13H16N4OS/c1-3-18-10(2)14-12-15-13(17-16-12)19-9-11-7-5-4-6-8-11/h4-8H,3,9H2,1-2H3,(H,15,16,17). The summed E-state index contributed by atoms with van der Waals surface area (Å²) in [6.45, 7) is 4.31. The van der Waals surface area contributed by atoms with E-state index in [-0.39, 0.29) is 0 Å². The van der Waals surface area contributed by atoms with Gasteiger partial charge in [0.2, 0.25) is 11.1 Å². The quantitative estimate of drug-likeness (QED) is 0.517. The van der Waals surface area contributed by atoms with E-state index in [1.807, 2.05) is 25.1 Å². The molecule has 1 heterocycles. The molecule has 1 aromatic heterocycles. The average Bonchev–Trinajstić information content (AvgIpc) is 2.85. The molecule has 0 saturated heterocycles. The molecule has 0 radical (unpaired) electrons. The topological polar surface area (TPSA) is 63.2 Å². The number of aromatic amines is 1. The number of hydrogen-bond acceptors (Lipinski definition) is 5. The lowest BCUT2D eigenvalue weighted by atomic mass is 10.2. The first-order valence-corrected chi connectivity index (χ1v) is 7.03. The summed E-state index contributed by atoms with van der Waals surface area (Å²) in [4.78, 5) is 8.45. The van der Waals surface area contributed by atoms with Crippen LogP contribution in [0.15, 0.2) is 40.5 Å². The SMILES string of the molecule is CCOC(C)=Nc1nc(SCc2ccccc2)n[nH]1. The van der Waals surface area contributed by atoms with Crippen molar-refractivity contribution in [1.29, 1.82) is 0 Å². The lowest BCUT2D eigenvalue weighted by Gasteiger charge is -1.98. The molecular formula is C13H16N4OS. The molecule has 2 aromatic rings. The van der Waals surface area contributed by atoms with E-state index >= 15 is 0 Å². The van der Waals surface area contributed by atoms with Gasteiger partial charge < -0.3 is 4.74 Å². The van der Waals surface area contributed by atoms with Crippen LogP contribution >= 0.6 is 11.8 Å². The molecule has 1 N–H and O–H groups in total.